The normalized spacial score (nSPS) is 21.8. The Bertz CT molecular complexity index is 673. The number of aliphatic hydroxyl groups is 1. The van der Waals surface area contributed by atoms with E-state index in [1.54, 1.807) is 11.3 Å². The summed E-state index contributed by atoms with van der Waals surface area (Å²) in [4.78, 5) is 3.56. The standard InChI is InChI=1S/C19H23NO3S/c21-16(19-4-2-10-24-19)12-15-3-1-7-20(15)13-14-5-6-17-18(11-14)23-9-8-22-17/h2,4-6,10-11,15-16,21H,1,3,7-9,12-13H2. The van der Waals surface area contributed by atoms with Crippen LogP contribution in [0.5, 0.6) is 11.5 Å². The third kappa shape index (κ3) is 3.43. The van der Waals surface area contributed by atoms with Crippen LogP contribution in [0.2, 0.25) is 0 Å². The van der Waals surface area contributed by atoms with Crippen molar-refractivity contribution in [1.29, 1.82) is 0 Å². The molecule has 0 amide bonds. The van der Waals surface area contributed by atoms with E-state index in [0.29, 0.717) is 19.3 Å². The summed E-state index contributed by atoms with van der Waals surface area (Å²) in [5.74, 6) is 1.70. The van der Waals surface area contributed by atoms with Crippen LogP contribution in [0, 0.1) is 0 Å². The van der Waals surface area contributed by atoms with Crippen LogP contribution in [0.15, 0.2) is 35.7 Å². The van der Waals surface area contributed by atoms with Crippen molar-refractivity contribution in [2.24, 2.45) is 0 Å². The van der Waals surface area contributed by atoms with Gasteiger partial charge in [-0.25, -0.2) is 0 Å². The molecule has 2 aromatic rings. The van der Waals surface area contributed by atoms with Gasteiger partial charge in [-0.15, -0.1) is 11.3 Å². The predicted octanol–water partition coefficient (Wildman–Crippen LogP) is 3.61. The predicted molar refractivity (Wildman–Crippen MR) is 94.8 cm³/mol. The zero-order valence-electron chi connectivity index (χ0n) is 13.7. The fourth-order valence-corrected chi connectivity index (χ4v) is 4.37. The molecule has 2 aliphatic heterocycles. The number of nitrogens with zero attached hydrogens (tertiary/aromatic N) is 1. The SMILES string of the molecule is OC(CC1CCCN1Cc1ccc2c(c1)OCCO2)c1cccs1. The second kappa shape index (κ2) is 7.13. The van der Waals surface area contributed by atoms with Crippen molar-refractivity contribution in [3.8, 4) is 11.5 Å². The molecule has 0 radical (unpaired) electrons. The molecule has 1 fully saturated rings. The number of rotatable bonds is 5. The second-order valence-electron chi connectivity index (χ2n) is 6.51. The highest BCUT2D eigenvalue weighted by Gasteiger charge is 2.27. The lowest BCUT2D eigenvalue weighted by Crippen LogP contribution is -2.30. The molecule has 2 unspecified atom stereocenters. The quantitative estimate of drug-likeness (QED) is 0.899. The Labute approximate surface area is 146 Å². The number of hydrogen-bond acceptors (Lipinski definition) is 5. The first-order chi connectivity index (χ1) is 11.8. The summed E-state index contributed by atoms with van der Waals surface area (Å²) in [7, 11) is 0. The molecule has 0 aliphatic carbocycles. The maximum atomic E-state index is 10.5. The van der Waals surface area contributed by atoms with Crippen molar-refractivity contribution in [1.82, 2.24) is 4.90 Å². The zero-order valence-corrected chi connectivity index (χ0v) is 14.5. The molecule has 0 bridgehead atoms. The van der Waals surface area contributed by atoms with E-state index >= 15 is 0 Å². The third-order valence-corrected chi connectivity index (χ3v) is 5.83. The molecule has 1 N–H and O–H groups in total. The molecule has 1 aromatic carbocycles. The van der Waals surface area contributed by atoms with Gasteiger partial charge in [0.2, 0.25) is 0 Å². The number of ether oxygens (including phenoxy) is 2. The highest BCUT2D eigenvalue weighted by molar-refractivity contribution is 7.10. The van der Waals surface area contributed by atoms with Crippen molar-refractivity contribution < 1.29 is 14.6 Å². The topological polar surface area (TPSA) is 41.9 Å². The molecule has 4 rings (SSSR count). The van der Waals surface area contributed by atoms with Crippen LogP contribution in [0.4, 0.5) is 0 Å². The minimum Gasteiger partial charge on any atom is -0.486 e. The van der Waals surface area contributed by atoms with E-state index in [2.05, 4.69) is 17.0 Å². The number of benzene rings is 1. The molecule has 24 heavy (non-hydrogen) atoms. The molecule has 1 saturated heterocycles. The van der Waals surface area contributed by atoms with Crippen molar-refractivity contribution in [2.75, 3.05) is 19.8 Å². The van der Waals surface area contributed by atoms with Crippen molar-refractivity contribution in [3.05, 3.63) is 46.2 Å². The zero-order chi connectivity index (χ0) is 16.4. The molecule has 0 spiro atoms. The van der Waals surface area contributed by atoms with Gasteiger partial charge in [0.05, 0.1) is 6.10 Å². The number of likely N-dealkylation sites (tertiary alicyclic amines) is 1. The summed E-state index contributed by atoms with van der Waals surface area (Å²) in [6.45, 7) is 3.24. The van der Waals surface area contributed by atoms with Gasteiger partial charge in [-0.1, -0.05) is 12.1 Å². The van der Waals surface area contributed by atoms with Crippen LogP contribution in [-0.2, 0) is 6.54 Å². The molecule has 5 heteroatoms. The maximum Gasteiger partial charge on any atom is 0.161 e. The summed E-state index contributed by atoms with van der Waals surface area (Å²) in [6.07, 6.45) is 2.82. The van der Waals surface area contributed by atoms with Crippen LogP contribution in [0.1, 0.15) is 35.8 Å². The van der Waals surface area contributed by atoms with E-state index in [9.17, 15) is 5.11 Å². The first-order valence-electron chi connectivity index (χ1n) is 8.63. The van der Waals surface area contributed by atoms with Gasteiger partial charge in [0.15, 0.2) is 11.5 Å². The number of fused-ring (bicyclic) bond motifs is 1. The monoisotopic (exact) mass is 345 g/mol. The Morgan fingerprint density at radius 3 is 2.92 bits per heavy atom. The summed E-state index contributed by atoms with van der Waals surface area (Å²) >= 11 is 1.64. The average molecular weight is 345 g/mol. The first kappa shape index (κ1) is 15.9. The Kier molecular flexibility index (Phi) is 4.74. The summed E-state index contributed by atoms with van der Waals surface area (Å²) in [6, 6.07) is 10.7. The minimum absolute atomic E-state index is 0.351. The second-order valence-corrected chi connectivity index (χ2v) is 7.49. The van der Waals surface area contributed by atoms with Gasteiger partial charge in [-0.2, -0.15) is 0 Å². The highest BCUT2D eigenvalue weighted by atomic mass is 32.1. The Morgan fingerprint density at radius 2 is 2.08 bits per heavy atom. The molecule has 2 atom stereocenters. The highest BCUT2D eigenvalue weighted by Crippen LogP contribution is 2.33. The van der Waals surface area contributed by atoms with Gasteiger partial charge in [0, 0.05) is 17.5 Å². The molecular formula is C19H23NO3S. The van der Waals surface area contributed by atoms with E-state index in [-0.39, 0.29) is 6.10 Å². The summed E-state index contributed by atoms with van der Waals surface area (Å²) in [5, 5.41) is 12.5. The van der Waals surface area contributed by atoms with E-state index in [4.69, 9.17) is 9.47 Å². The molecular weight excluding hydrogens is 322 g/mol. The van der Waals surface area contributed by atoms with Crippen LogP contribution in [0.3, 0.4) is 0 Å². The average Bonchev–Trinajstić information content (AvgIpc) is 3.27. The third-order valence-electron chi connectivity index (χ3n) is 4.86. The minimum atomic E-state index is -0.351. The number of thiophene rings is 1. The fraction of sp³-hybridized carbons (Fsp3) is 0.474. The summed E-state index contributed by atoms with van der Waals surface area (Å²) < 4.78 is 11.3. The van der Waals surface area contributed by atoms with E-state index in [1.807, 2.05) is 23.6 Å². The molecule has 2 aliphatic rings. The largest absolute Gasteiger partial charge is 0.486 e. The van der Waals surface area contributed by atoms with Gasteiger partial charge >= 0.3 is 0 Å². The first-order valence-corrected chi connectivity index (χ1v) is 9.51. The Balaban J connectivity index is 1.41. The van der Waals surface area contributed by atoms with Gasteiger partial charge in [-0.05, 0) is 54.9 Å². The number of aliphatic hydroxyl groups excluding tert-OH is 1. The number of hydrogen-bond donors (Lipinski definition) is 1. The van der Waals surface area contributed by atoms with Crippen molar-refractivity contribution in [2.45, 2.75) is 38.0 Å². The van der Waals surface area contributed by atoms with Crippen LogP contribution >= 0.6 is 11.3 Å². The van der Waals surface area contributed by atoms with Crippen LogP contribution < -0.4 is 9.47 Å². The van der Waals surface area contributed by atoms with E-state index in [1.165, 1.54) is 12.0 Å². The van der Waals surface area contributed by atoms with Crippen LogP contribution in [-0.4, -0.2) is 35.8 Å². The van der Waals surface area contributed by atoms with Gasteiger partial charge in [0.25, 0.3) is 0 Å². The Hall–Kier alpha value is -1.56. The molecule has 4 nitrogen and oxygen atoms in total. The molecule has 128 valence electrons. The van der Waals surface area contributed by atoms with Gasteiger partial charge < -0.3 is 14.6 Å². The van der Waals surface area contributed by atoms with Crippen molar-refractivity contribution >= 4 is 11.3 Å². The van der Waals surface area contributed by atoms with Crippen molar-refractivity contribution in [3.63, 3.8) is 0 Å². The maximum absolute atomic E-state index is 10.5. The van der Waals surface area contributed by atoms with Gasteiger partial charge in [0.1, 0.15) is 13.2 Å². The lowest BCUT2D eigenvalue weighted by Gasteiger charge is -2.27. The van der Waals surface area contributed by atoms with Gasteiger partial charge in [-0.3, -0.25) is 4.90 Å². The van der Waals surface area contributed by atoms with E-state index < -0.39 is 0 Å². The fourth-order valence-electron chi connectivity index (χ4n) is 3.65. The molecule has 1 aromatic heterocycles. The smallest absolute Gasteiger partial charge is 0.161 e. The Morgan fingerprint density at radius 1 is 1.21 bits per heavy atom. The lowest BCUT2D eigenvalue weighted by atomic mass is 10.1. The molecule has 3 heterocycles. The lowest BCUT2D eigenvalue weighted by molar-refractivity contribution is 0.120. The summed E-state index contributed by atoms with van der Waals surface area (Å²) in [5.41, 5.74) is 1.25. The molecule has 0 saturated carbocycles. The van der Waals surface area contributed by atoms with E-state index in [0.717, 1.165) is 42.3 Å². The van der Waals surface area contributed by atoms with Crippen LogP contribution in [0.25, 0.3) is 0 Å².